The number of nitrogens with one attached hydrogen (secondary N) is 1. The van der Waals surface area contributed by atoms with Gasteiger partial charge in [0.2, 0.25) is 0 Å². The van der Waals surface area contributed by atoms with Gasteiger partial charge in [-0.3, -0.25) is 9.78 Å². The molecule has 3 heterocycles. The van der Waals surface area contributed by atoms with Gasteiger partial charge in [-0.2, -0.15) is 0 Å². The fourth-order valence-electron chi connectivity index (χ4n) is 2.33. The van der Waals surface area contributed by atoms with Crippen LogP contribution in [0.5, 0.6) is 0 Å². The predicted molar refractivity (Wildman–Crippen MR) is 78.8 cm³/mol. The SMILES string of the molecule is O=C(c1cnc2c(I)c[nH]c2c1)N1CCC(F)CC1. The van der Waals surface area contributed by atoms with Crippen LogP contribution in [0.4, 0.5) is 4.39 Å². The lowest BCUT2D eigenvalue weighted by molar-refractivity contribution is 0.0667. The van der Waals surface area contributed by atoms with E-state index in [0.29, 0.717) is 31.5 Å². The van der Waals surface area contributed by atoms with Gasteiger partial charge in [0.05, 0.1) is 14.7 Å². The molecular formula is C13H13FIN3O. The zero-order chi connectivity index (χ0) is 13.4. The van der Waals surface area contributed by atoms with Gasteiger partial charge in [0.1, 0.15) is 11.7 Å². The zero-order valence-corrected chi connectivity index (χ0v) is 12.4. The molecule has 1 aliphatic heterocycles. The molecule has 1 N–H and O–H groups in total. The molecule has 0 bridgehead atoms. The molecule has 0 atom stereocenters. The van der Waals surface area contributed by atoms with E-state index in [1.54, 1.807) is 11.1 Å². The number of rotatable bonds is 1. The first-order valence-corrected chi connectivity index (χ1v) is 7.29. The minimum absolute atomic E-state index is 0.0640. The number of nitrogens with zero attached hydrogens (tertiary/aromatic N) is 2. The number of piperidine rings is 1. The molecule has 1 amide bonds. The Morgan fingerprint density at radius 1 is 1.47 bits per heavy atom. The van der Waals surface area contributed by atoms with Crippen molar-refractivity contribution < 1.29 is 9.18 Å². The van der Waals surface area contributed by atoms with Crippen LogP contribution in [0.15, 0.2) is 18.5 Å². The highest BCUT2D eigenvalue weighted by Crippen LogP contribution is 2.20. The van der Waals surface area contributed by atoms with Crippen LogP contribution in [0, 0.1) is 3.57 Å². The maximum absolute atomic E-state index is 13.1. The molecule has 2 aromatic heterocycles. The minimum atomic E-state index is -0.769. The Bertz CT molecular complexity index is 619. The third kappa shape index (κ3) is 2.45. The molecule has 0 saturated carbocycles. The number of aromatic nitrogens is 2. The summed E-state index contributed by atoms with van der Waals surface area (Å²) in [5.41, 5.74) is 2.29. The Morgan fingerprint density at radius 3 is 2.95 bits per heavy atom. The van der Waals surface area contributed by atoms with E-state index in [4.69, 9.17) is 0 Å². The number of amides is 1. The number of halogens is 2. The normalized spacial score (nSPS) is 17.1. The molecule has 6 heteroatoms. The molecular weight excluding hydrogens is 360 g/mol. The number of H-pyrrole nitrogens is 1. The number of pyridine rings is 1. The summed E-state index contributed by atoms with van der Waals surface area (Å²) in [5, 5.41) is 0. The van der Waals surface area contributed by atoms with Gasteiger partial charge in [0, 0.05) is 25.5 Å². The van der Waals surface area contributed by atoms with E-state index in [0.717, 1.165) is 14.6 Å². The summed E-state index contributed by atoms with van der Waals surface area (Å²) in [6.45, 7) is 0.973. The van der Waals surface area contributed by atoms with Crippen LogP contribution in [-0.4, -0.2) is 40.0 Å². The van der Waals surface area contributed by atoms with E-state index in [2.05, 4.69) is 32.6 Å². The van der Waals surface area contributed by atoms with Crippen LogP contribution in [0.3, 0.4) is 0 Å². The molecule has 100 valence electrons. The highest BCUT2D eigenvalue weighted by Gasteiger charge is 2.23. The predicted octanol–water partition coefficient (Wildman–Crippen LogP) is 2.74. The quantitative estimate of drug-likeness (QED) is 0.782. The van der Waals surface area contributed by atoms with Gasteiger partial charge in [-0.15, -0.1) is 0 Å². The second-order valence-electron chi connectivity index (χ2n) is 4.72. The summed E-state index contributed by atoms with van der Waals surface area (Å²) in [7, 11) is 0. The average molecular weight is 373 g/mol. The second-order valence-corrected chi connectivity index (χ2v) is 5.89. The minimum Gasteiger partial charge on any atom is -0.359 e. The number of hydrogen-bond donors (Lipinski definition) is 1. The van der Waals surface area contributed by atoms with Crippen molar-refractivity contribution in [3.05, 3.63) is 27.6 Å². The standard InChI is InChI=1S/C13H13FIN3O/c14-9-1-3-18(4-2-9)13(19)8-5-11-12(17-6-8)10(15)7-16-11/h5-7,9,16H,1-4H2. The van der Waals surface area contributed by atoms with Gasteiger partial charge in [-0.1, -0.05) is 0 Å². The van der Waals surface area contributed by atoms with Crippen LogP contribution in [0.2, 0.25) is 0 Å². The molecule has 0 aliphatic carbocycles. The van der Waals surface area contributed by atoms with E-state index in [1.165, 1.54) is 0 Å². The van der Waals surface area contributed by atoms with Crippen molar-refractivity contribution in [2.45, 2.75) is 19.0 Å². The Labute approximate surface area is 123 Å². The second kappa shape index (κ2) is 5.07. The number of alkyl halides is 1. The van der Waals surface area contributed by atoms with Crippen molar-refractivity contribution in [2.75, 3.05) is 13.1 Å². The smallest absolute Gasteiger partial charge is 0.255 e. The summed E-state index contributed by atoms with van der Waals surface area (Å²) in [5.74, 6) is -0.0640. The highest BCUT2D eigenvalue weighted by atomic mass is 127. The summed E-state index contributed by atoms with van der Waals surface area (Å²) in [6.07, 6.45) is 3.56. The van der Waals surface area contributed by atoms with Gasteiger partial charge in [0.15, 0.2) is 0 Å². The topological polar surface area (TPSA) is 49.0 Å². The number of aromatic amines is 1. The van der Waals surface area contributed by atoms with E-state index in [1.807, 2.05) is 12.3 Å². The van der Waals surface area contributed by atoms with Crippen molar-refractivity contribution in [1.29, 1.82) is 0 Å². The first-order valence-electron chi connectivity index (χ1n) is 6.21. The molecule has 19 heavy (non-hydrogen) atoms. The Balaban J connectivity index is 1.85. The van der Waals surface area contributed by atoms with E-state index in [9.17, 15) is 9.18 Å². The third-order valence-corrected chi connectivity index (χ3v) is 4.25. The number of carbonyl (C=O) groups excluding carboxylic acids is 1. The van der Waals surface area contributed by atoms with Gasteiger partial charge in [-0.25, -0.2) is 4.39 Å². The Hall–Kier alpha value is -1.18. The highest BCUT2D eigenvalue weighted by molar-refractivity contribution is 14.1. The number of fused-ring (bicyclic) bond motifs is 1. The maximum atomic E-state index is 13.1. The Kier molecular flexibility index (Phi) is 3.42. The van der Waals surface area contributed by atoms with Crippen LogP contribution in [-0.2, 0) is 0 Å². The van der Waals surface area contributed by atoms with Crippen molar-refractivity contribution in [3.63, 3.8) is 0 Å². The molecule has 2 aromatic rings. The maximum Gasteiger partial charge on any atom is 0.255 e. The first kappa shape index (κ1) is 12.8. The molecule has 3 rings (SSSR count). The fourth-order valence-corrected chi connectivity index (χ4v) is 2.91. The Morgan fingerprint density at radius 2 is 2.21 bits per heavy atom. The molecule has 1 aliphatic rings. The number of hydrogen-bond acceptors (Lipinski definition) is 2. The van der Waals surface area contributed by atoms with Crippen LogP contribution in [0.25, 0.3) is 11.0 Å². The summed E-state index contributed by atoms with van der Waals surface area (Å²) >= 11 is 2.20. The van der Waals surface area contributed by atoms with Crippen molar-refractivity contribution >= 4 is 39.5 Å². The molecule has 0 aromatic carbocycles. The van der Waals surface area contributed by atoms with Crippen molar-refractivity contribution in [1.82, 2.24) is 14.9 Å². The van der Waals surface area contributed by atoms with Gasteiger partial charge in [0.25, 0.3) is 5.91 Å². The lowest BCUT2D eigenvalue weighted by Crippen LogP contribution is -2.39. The number of carbonyl (C=O) groups is 1. The van der Waals surface area contributed by atoms with Gasteiger partial charge < -0.3 is 9.88 Å². The summed E-state index contributed by atoms with van der Waals surface area (Å²) < 4.78 is 14.1. The van der Waals surface area contributed by atoms with Crippen LogP contribution < -0.4 is 0 Å². The summed E-state index contributed by atoms with van der Waals surface area (Å²) in [4.78, 5) is 21.4. The van der Waals surface area contributed by atoms with Crippen molar-refractivity contribution in [3.8, 4) is 0 Å². The van der Waals surface area contributed by atoms with Crippen LogP contribution >= 0.6 is 22.6 Å². The van der Waals surface area contributed by atoms with Crippen molar-refractivity contribution in [2.24, 2.45) is 0 Å². The molecule has 1 saturated heterocycles. The first-order chi connectivity index (χ1) is 9.15. The van der Waals surface area contributed by atoms with E-state index < -0.39 is 6.17 Å². The molecule has 1 fully saturated rings. The zero-order valence-electron chi connectivity index (χ0n) is 10.2. The molecule has 0 unspecified atom stereocenters. The lowest BCUT2D eigenvalue weighted by Gasteiger charge is -2.28. The van der Waals surface area contributed by atoms with Crippen LogP contribution in [0.1, 0.15) is 23.2 Å². The van der Waals surface area contributed by atoms with E-state index >= 15 is 0 Å². The molecule has 0 spiro atoms. The number of likely N-dealkylation sites (tertiary alicyclic amines) is 1. The monoisotopic (exact) mass is 373 g/mol. The lowest BCUT2D eigenvalue weighted by atomic mass is 10.1. The van der Waals surface area contributed by atoms with Gasteiger partial charge >= 0.3 is 0 Å². The fraction of sp³-hybridized carbons (Fsp3) is 0.385. The largest absolute Gasteiger partial charge is 0.359 e. The average Bonchev–Trinajstić information content (AvgIpc) is 2.80. The molecule has 0 radical (unpaired) electrons. The third-order valence-electron chi connectivity index (χ3n) is 3.43. The summed E-state index contributed by atoms with van der Waals surface area (Å²) in [6, 6.07) is 1.81. The van der Waals surface area contributed by atoms with Gasteiger partial charge in [-0.05, 0) is 41.5 Å². The molecule has 4 nitrogen and oxygen atoms in total. The van der Waals surface area contributed by atoms with E-state index in [-0.39, 0.29) is 5.91 Å².